The molecule has 4 heteroatoms. The molecule has 0 spiro atoms. The van der Waals surface area contributed by atoms with Crippen molar-refractivity contribution in [3.8, 4) is 0 Å². The van der Waals surface area contributed by atoms with Gasteiger partial charge in [-0.2, -0.15) is 5.10 Å². The van der Waals surface area contributed by atoms with E-state index in [-0.39, 0.29) is 0 Å². The van der Waals surface area contributed by atoms with Gasteiger partial charge in [-0.1, -0.05) is 5.16 Å². The molecule has 0 saturated heterocycles. The van der Waals surface area contributed by atoms with Crippen LogP contribution in [0, 0.1) is 0 Å². The maximum Gasteiger partial charge on any atom is 0.0993 e. The Morgan fingerprint density at radius 2 is 1.88 bits per heavy atom. The van der Waals surface area contributed by atoms with Crippen molar-refractivity contribution in [3.63, 3.8) is 0 Å². The zero-order valence-electron chi connectivity index (χ0n) is 4.92. The van der Waals surface area contributed by atoms with Crippen LogP contribution in [0.15, 0.2) is 10.3 Å². The van der Waals surface area contributed by atoms with Gasteiger partial charge in [0.15, 0.2) is 0 Å². The second-order valence-electron chi connectivity index (χ2n) is 1.40. The van der Waals surface area contributed by atoms with Gasteiger partial charge in [-0.3, -0.25) is 0 Å². The van der Waals surface area contributed by atoms with Gasteiger partial charge < -0.3 is 11.0 Å². The minimum atomic E-state index is 0.438. The van der Waals surface area contributed by atoms with E-state index in [1.165, 1.54) is 0 Å². The van der Waals surface area contributed by atoms with Crippen LogP contribution < -0.4 is 5.84 Å². The van der Waals surface area contributed by atoms with Crippen LogP contribution in [0.2, 0.25) is 0 Å². The normalized spacial score (nSPS) is 14.2. The van der Waals surface area contributed by atoms with Crippen LogP contribution >= 0.6 is 0 Å². The van der Waals surface area contributed by atoms with Crippen molar-refractivity contribution in [2.24, 2.45) is 16.1 Å². The molecule has 0 amide bonds. The lowest BCUT2D eigenvalue weighted by molar-refractivity contribution is 0.320. The molecule has 0 radical (unpaired) electrons. The number of oxime groups is 1. The Bertz CT molecular complexity index is 111. The number of nitrogens with two attached hydrogens (primary N) is 1. The molecule has 0 heterocycles. The largest absolute Gasteiger partial charge is 0.411 e. The Balaban J connectivity index is 4.04. The topological polar surface area (TPSA) is 71.0 Å². The molecule has 0 aromatic rings. The van der Waals surface area contributed by atoms with Gasteiger partial charge in [0.1, 0.15) is 0 Å². The number of rotatable bonds is 1. The van der Waals surface area contributed by atoms with Gasteiger partial charge in [-0.15, -0.1) is 0 Å². The van der Waals surface area contributed by atoms with Gasteiger partial charge in [0.25, 0.3) is 0 Å². The zero-order valence-corrected chi connectivity index (χ0v) is 4.92. The van der Waals surface area contributed by atoms with Gasteiger partial charge in [0, 0.05) is 0 Å². The Labute approximate surface area is 47.7 Å². The molecule has 0 aliphatic rings. The Morgan fingerprint density at radius 3 is 2.00 bits per heavy atom. The van der Waals surface area contributed by atoms with Crippen molar-refractivity contribution in [1.82, 2.24) is 0 Å². The first-order valence-electron chi connectivity index (χ1n) is 2.16. The SMILES string of the molecule is CC(=NO)/C(C)=N/N. The van der Waals surface area contributed by atoms with Crippen molar-refractivity contribution in [2.75, 3.05) is 0 Å². The molecule has 0 aromatic carbocycles. The lowest BCUT2D eigenvalue weighted by Crippen LogP contribution is -2.07. The van der Waals surface area contributed by atoms with E-state index in [4.69, 9.17) is 11.0 Å². The van der Waals surface area contributed by atoms with Crippen LogP contribution in [-0.4, -0.2) is 16.6 Å². The summed E-state index contributed by atoms with van der Waals surface area (Å²) in [5, 5.41) is 14.2. The maximum atomic E-state index is 8.09. The molecule has 0 rings (SSSR count). The third-order valence-electron chi connectivity index (χ3n) is 0.867. The summed E-state index contributed by atoms with van der Waals surface area (Å²) in [5.74, 6) is 4.84. The van der Waals surface area contributed by atoms with Crippen LogP contribution in [0.4, 0.5) is 0 Å². The van der Waals surface area contributed by atoms with Crippen LogP contribution in [0.3, 0.4) is 0 Å². The molecule has 4 nitrogen and oxygen atoms in total. The summed E-state index contributed by atoms with van der Waals surface area (Å²) < 4.78 is 0. The molecule has 0 saturated carbocycles. The molecule has 0 aliphatic heterocycles. The highest BCUT2D eigenvalue weighted by atomic mass is 16.4. The second-order valence-corrected chi connectivity index (χ2v) is 1.40. The monoisotopic (exact) mass is 115 g/mol. The number of nitrogens with zero attached hydrogens (tertiary/aromatic N) is 2. The molecule has 8 heavy (non-hydrogen) atoms. The number of hydrogen-bond acceptors (Lipinski definition) is 4. The lowest BCUT2D eigenvalue weighted by atomic mass is 10.3. The first-order valence-corrected chi connectivity index (χ1v) is 2.16. The van der Waals surface area contributed by atoms with Crippen molar-refractivity contribution < 1.29 is 5.21 Å². The highest BCUT2D eigenvalue weighted by Crippen LogP contribution is 1.77. The quantitative estimate of drug-likeness (QED) is 0.221. The predicted molar refractivity (Wildman–Crippen MR) is 32.2 cm³/mol. The van der Waals surface area contributed by atoms with E-state index in [0.29, 0.717) is 11.4 Å². The van der Waals surface area contributed by atoms with E-state index in [9.17, 15) is 0 Å². The zero-order chi connectivity index (χ0) is 6.57. The average Bonchev–Trinajstić information content (AvgIpc) is 1.84. The number of hydrazone groups is 1. The molecule has 0 aliphatic carbocycles. The van der Waals surface area contributed by atoms with Crippen molar-refractivity contribution in [1.29, 1.82) is 0 Å². The number of hydrogen-bond donors (Lipinski definition) is 2. The summed E-state index contributed by atoms with van der Waals surface area (Å²) in [4.78, 5) is 0. The van der Waals surface area contributed by atoms with Crippen LogP contribution in [-0.2, 0) is 0 Å². The molecule has 3 N–H and O–H groups in total. The van der Waals surface area contributed by atoms with E-state index in [1.54, 1.807) is 13.8 Å². The van der Waals surface area contributed by atoms with E-state index in [0.717, 1.165) is 0 Å². The van der Waals surface area contributed by atoms with Crippen molar-refractivity contribution >= 4 is 11.4 Å². The maximum absolute atomic E-state index is 8.09. The molecule has 46 valence electrons. The highest BCUT2D eigenvalue weighted by Gasteiger charge is 1.92. The fourth-order valence-corrected chi connectivity index (χ4v) is 0.166. The van der Waals surface area contributed by atoms with Gasteiger partial charge in [0.2, 0.25) is 0 Å². The summed E-state index contributed by atoms with van der Waals surface area (Å²) in [6.45, 7) is 3.28. The van der Waals surface area contributed by atoms with Gasteiger partial charge in [-0.25, -0.2) is 0 Å². The Morgan fingerprint density at radius 1 is 1.38 bits per heavy atom. The van der Waals surface area contributed by atoms with Gasteiger partial charge in [0.05, 0.1) is 11.4 Å². The predicted octanol–water partition coefficient (Wildman–Crippen LogP) is 0.171. The van der Waals surface area contributed by atoms with E-state index >= 15 is 0 Å². The first-order chi connectivity index (χ1) is 3.72. The molecule has 0 unspecified atom stereocenters. The van der Waals surface area contributed by atoms with Gasteiger partial charge in [-0.05, 0) is 13.8 Å². The van der Waals surface area contributed by atoms with Crippen LogP contribution in [0.5, 0.6) is 0 Å². The first kappa shape index (κ1) is 6.94. The second kappa shape index (κ2) is 3.01. The molecular weight excluding hydrogens is 106 g/mol. The third-order valence-corrected chi connectivity index (χ3v) is 0.867. The summed E-state index contributed by atoms with van der Waals surface area (Å²) in [5.41, 5.74) is 0.972. The third kappa shape index (κ3) is 1.59. The van der Waals surface area contributed by atoms with Crippen molar-refractivity contribution in [2.45, 2.75) is 13.8 Å². The Hall–Kier alpha value is -1.06. The standard InChI is InChI=1S/C4H9N3O/c1-3(6-5)4(2)7-8/h8H,5H2,1-2H3/b6-3+,7-4?. The van der Waals surface area contributed by atoms with Crippen LogP contribution in [0.1, 0.15) is 13.8 Å². The molecule has 0 aromatic heterocycles. The molecule has 0 fully saturated rings. The summed E-state index contributed by atoms with van der Waals surface area (Å²) in [6, 6.07) is 0. The summed E-state index contributed by atoms with van der Waals surface area (Å²) in [7, 11) is 0. The Kier molecular flexibility index (Phi) is 2.61. The molecule has 0 bridgehead atoms. The minimum Gasteiger partial charge on any atom is -0.411 e. The van der Waals surface area contributed by atoms with E-state index < -0.39 is 0 Å². The molecule has 0 atom stereocenters. The summed E-state index contributed by atoms with van der Waals surface area (Å²) in [6.07, 6.45) is 0. The van der Waals surface area contributed by atoms with E-state index in [2.05, 4.69) is 10.3 Å². The average molecular weight is 115 g/mol. The summed E-state index contributed by atoms with van der Waals surface area (Å²) >= 11 is 0. The highest BCUT2D eigenvalue weighted by molar-refractivity contribution is 6.40. The lowest BCUT2D eigenvalue weighted by Gasteiger charge is -1.90. The minimum absolute atomic E-state index is 0.438. The fourth-order valence-electron chi connectivity index (χ4n) is 0.166. The molecular formula is C4H9N3O. The fraction of sp³-hybridized carbons (Fsp3) is 0.500. The van der Waals surface area contributed by atoms with Crippen LogP contribution in [0.25, 0.3) is 0 Å². The smallest absolute Gasteiger partial charge is 0.0993 e. The van der Waals surface area contributed by atoms with Gasteiger partial charge >= 0.3 is 0 Å². The van der Waals surface area contributed by atoms with Crippen molar-refractivity contribution in [3.05, 3.63) is 0 Å². The van der Waals surface area contributed by atoms with E-state index in [1.807, 2.05) is 0 Å².